The number of para-hydroxylation sites is 1. The number of hydrogen-bond acceptors (Lipinski definition) is 3. The molecule has 0 saturated carbocycles. The monoisotopic (exact) mass is 337 g/mol. The van der Waals surface area contributed by atoms with E-state index >= 15 is 0 Å². The Labute approximate surface area is 126 Å². The highest BCUT2D eigenvalue weighted by Crippen LogP contribution is 2.34. The standard InChI is InChI=1S/C15H16BrNOS/c1-19-15-5-3-2-4-13(15)18-14-10-12(16)7-6-11(14)8-9-17/h2-7,10H,8-9,17H2,1H3. The van der Waals surface area contributed by atoms with Gasteiger partial charge in [0.1, 0.15) is 11.5 Å². The number of thioether (sulfide) groups is 1. The molecule has 0 radical (unpaired) electrons. The van der Waals surface area contributed by atoms with Crippen LogP contribution in [0.15, 0.2) is 51.8 Å². The molecule has 0 fully saturated rings. The summed E-state index contributed by atoms with van der Waals surface area (Å²) in [7, 11) is 0. The molecular formula is C15H16BrNOS. The first-order valence-corrected chi connectivity index (χ1v) is 8.05. The van der Waals surface area contributed by atoms with E-state index in [9.17, 15) is 0 Å². The number of benzene rings is 2. The SMILES string of the molecule is CSc1ccccc1Oc1cc(Br)ccc1CCN. The molecule has 2 aromatic carbocycles. The zero-order chi connectivity index (χ0) is 13.7. The summed E-state index contributed by atoms with van der Waals surface area (Å²) in [6.45, 7) is 0.613. The van der Waals surface area contributed by atoms with Crippen molar-refractivity contribution in [3.05, 3.63) is 52.5 Å². The van der Waals surface area contributed by atoms with E-state index in [1.807, 2.05) is 42.7 Å². The molecule has 0 atom stereocenters. The lowest BCUT2D eigenvalue weighted by atomic mass is 10.1. The van der Waals surface area contributed by atoms with E-state index in [0.29, 0.717) is 6.54 Å². The molecule has 2 nitrogen and oxygen atoms in total. The molecule has 2 N–H and O–H groups in total. The van der Waals surface area contributed by atoms with Gasteiger partial charge >= 0.3 is 0 Å². The second kappa shape index (κ2) is 6.98. The molecule has 0 aliphatic carbocycles. The molecule has 0 spiro atoms. The Balaban J connectivity index is 2.34. The van der Waals surface area contributed by atoms with Crippen LogP contribution in [0.5, 0.6) is 11.5 Å². The van der Waals surface area contributed by atoms with Gasteiger partial charge in [-0.2, -0.15) is 0 Å². The van der Waals surface area contributed by atoms with Gasteiger partial charge in [-0.1, -0.05) is 34.1 Å². The van der Waals surface area contributed by atoms with Crippen molar-refractivity contribution < 1.29 is 4.74 Å². The zero-order valence-corrected chi connectivity index (χ0v) is 13.1. The molecule has 0 saturated heterocycles. The van der Waals surface area contributed by atoms with Crippen LogP contribution in [0, 0.1) is 0 Å². The lowest BCUT2D eigenvalue weighted by molar-refractivity contribution is 0.465. The van der Waals surface area contributed by atoms with Gasteiger partial charge in [-0.25, -0.2) is 0 Å². The van der Waals surface area contributed by atoms with E-state index < -0.39 is 0 Å². The fourth-order valence-corrected chi connectivity index (χ4v) is 2.67. The van der Waals surface area contributed by atoms with E-state index in [4.69, 9.17) is 10.5 Å². The van der Waals surface area contributed by atoms with Crippen LogP contribution in [-0.4, -0.2) is 12.8 Å². The number of hydrogen-bond donors (Lipinski definition) is 1. The summed E-state index contributed by atoms with van der Waals surface area (Å²) in [6.07, 6.45) is 2.86. The highest BCUT2D eigenvalue weighted by molar-refractivity contribution is 9.10. The largest absolute Gasteiger partial charge is 0.456 e. The molecule has 0 aliphatic rings. The van der Waals surface area contributed by atoms with E-state index in [2.05, 4.69) is 22.0 Å². The Bertz CT molecular complexity index is 560. The van der Waals surface area contributed by atoms with Crippen molar-refractivity contribution in [2.45, 2.75) is 11.3 Å². The smallest absolute Gasteiger partial charge is 0.140 e. The van der Waals surface area contributed by atoms with Crippen molar-refractivity contribution in [1.29, 1.82) is 0 Å². The zero-order valence-electron chi connectivity index (χ0n) is 10.7. The van der Waals surface area contributed by atoms with Gasteiger partial charge in [0.15, 0.2) is 0 Å². The highest BCUT2D eigenvalue weighted by Gasteiger charge is 2.08. The molecule has 19 heavy (non-hydrogen) atoms. The third-order valence-electron chi connectivity index (χ3n) is 2.73. The lowest BCUT2D eigenvalue weighted by Gasteiger charge is -2.13. The highest BCUT2D eigenvalue weighted by atomic mass is 79.9. The molecule has 0 amide bonds. The summed E-state index contributed by atoms with van der Waals surface area (Å²) < 4.78 is 7.06. The molecule has 100 valence electrons. The van der Waals surface area contributed by atoms with Crippen LogP contribution in [0.3, 0.4) is 0 Å². The van der Waals surface area contributed by atoms with Gasteiger partial charge in [-0.3, -0.25) is 0 Å². The molecule has 0 aliphatic heterocycles. The summed E-state index contributed by atoms with van der Waals surface area (Å²) in [5.74, 6) is 1.74. The molecule has 0 unspecified atom stereocenters. The molecule has 2 rings (SSSR count). The van der Waals surface area contributed by atoms with Crippen molar-refractivity contribution in [1.82, 2.24) is 0 Å². The van der Waals surface area contributed by atoms with Crippen molar-refractivity contribution in [3.8, 4) is 11.5 Å². The third kappa shape index (κ3) is 3.75. The number of ether oxygens (including phenoxy) is 1. The Hall–Kier alpha value is -0.970. The van der Waals surface area contributed by atoms with Crippen LogP contribution in [0.4, 0.5) is 0 Å². The van der Waals surface area contributed by atoms with Crippen LogP contribution in [0.25, 0.3) is 0 Å². The number of nitrogens with two attached hydrogens (primary N) is 1. The van der Waals surface area contributed by atoms with Crippen molar-refractivity contribution >= 4 is 27.7 Å². The Morgan fingerprint density at radius 1 is 1.16 bits per heavy atom. The summed E-state index contributed by atoms with van der Waals surface area (Å²) in [6, 6.07) is 14.1. The predicted molar refractivity (Wildman–Crippen MR) is 85.2 cm³/mol. The van der Waals surface area contributed by atoms with Crippen molar-refractivity contribution in [2.24, 2.45) is 5.73 Å². The molecule has 4 heteroatoms. The van der Waals surface area contributed by atoms with Gasteiger partial charge in [0, 0.05) is 9.37 Å². The molecular weight excluding hydrogens is 322 g/mol. The van der Waals surface area contributed by atoms with Gasteiger partial charge in [0.25, 0.3) is 0 Å². The van der Waals surface area contributed by atoms with Gasteiger partial charge in [0.05, 0.1) is 0 Å². The van der Waals surface area contributed by atoms with Gasteiger partial charge in [-0.05, 0) is 49.1 Å². The summed E-state index contributed by atoms with van der Waals surface area (Å²) in [5, 5.41) is 0. The Morgan fingerprint density at radius 3 is 2.68 bits per heavy atom. The quantitative estimate of drug-likeness (QED) is 0.818. The molecule has 2 aromatic rings. The average molecular weight is 338 g/mol. The molecule has 0 bridgehead atoms. The lowest BCUT2D eigenvalue weighted by Crippen LogP contribution is -2.04. The van der Waals surface area contributed by atoms with Crippen LogP contribution in [0.2, 0.25) is 0 Å². The van der Waals surface area contributed by atoms with Crippen LogP contribution in [-0.2, 0) is 6.42 Å². The Kier molecular flexibility index (Phi) is 5.31. The maximum Gasteiger partial charge on any atom is 0.140 e. The summed E-state index contributed by atoms with van der Waals surface area (Å²) >= 11 is 5.16. The molecule has 0 aromatic heterocycles. The van der Waals surface area contributed by atoms with Crippen molar-refractivity contribution in [2.75, 3.05) is 12.8 Å². The maximum atomic E-state index is 6.06. The number of halogens is 1. The average Bonchev–Trinajstić information content (AvgIpc) is 2.42. The Morgan fingerprint density at radius 2 is 1.95 bits per heavy atom. The molecule has 0 heterocycles. The fourth-order valence-electron chi connectivity index (χ4n) is 1.81. The van der Waals surface area contributed by atoms with E-state index in [1.165, 1.54) is 0 Å². The van der Waals surface area contributed by atoms with Gasteiger partial charge in [-0.15, -0.1) is 11.8 Å². The van der Waals surface area contributed by atoms with Crippen molar-refractivity contribution in [3.63, 3.8) is 0 Å². The second-order valence-electron chi connectivity index (χ2n) is 4.04. The maximum absolute atomic E-state index is 6.06. The third-order valence-corrected chi connectivity index (χ3v) is 4.00. The van der Waals surface area contributed by atoms with Crippen LogP contribution >= 0.6 is 27.7 Å². The van der Waals surface area contributed by atoms with Gasteiger partial charge in [0.2, 0.25) is 0 Å². The second-order valence-corrected chi connectivity index (χ2v) is 5.81. The topological polar surface area (TPSA) is 35.2 Å². The first-order chi connectivity index (χ1) is 9.24. The minimum absolute atomic E-state index is 0.613. The fraction of sp³-hybridized carbons (Fsp3) is 0.200. The number of rotatable bonds is 5. The van der Waals surface area contributed by atoms with E-state index in [0.717, 1.165) is 32.9 Å². The van der Waals surface area contributed by atoms with Crippen LogP contribution < -0.4 is 10.5 Å². The minimum Gasteiger partial charge on any atom is -0.456 e. The summed E-state index contributed by atoms with van der Waals surface area (Å²) in [4.78, 5) is 1.13. The normalized spacial score (nSPS) is 10.5. The van der Waals surface area contributed by atoms with E-state index in [-0.39, 0.29) is 0 Å². The first-order valence-electron chi connectivity index (χ1n) is 6.04. The van der Waals surface area contributed by atoms with Crippen LogP contribution in [0.1, 0.15) is 5.56 Å². The first kappa shape index (κ1) is 14.4. The van der Waals surface area contributed by atoms with Gasteiger partial charge < -0.3 is 10.5 Å². The van der Waals surface area contributed by atoms with E-state index in [1.54, 1.807) is 11.8 Å². The minimum atomic E-state index is 0.613. The summed E-state index contributed by atoms with van der Waals surface area (Å²) in [5.41, 5.74) is 6.77. The predicted octanol–water partition coefficient (Wildman–Crippen LogP) is 4.46.